The van der Waals surface area contributed by atoms with Gasteiger partial charge in [-0.05, 0) is 82.2 Å². The molecule has 1 heterocycles. The summed E-state index contributed by atoms with van der Waals surface area (Å²) < 4.78 is 8.14. The smallest absolute Gasteiger partial charge is 0.253 e. The fraction of sp³-hybridized carbons (Fsp3) is 0.607. The van der Waals surface area contributed by atoms with Gasteiger partial charge < -0.3 is 14.6 Å². The molecule has 1 N–H and O–H groups in total. The summed E-state index contributed by atoms with van der Waals surface area (Å²) in [6, 6.07) is 8.80. The monoisotopic (exact) mass is 436 g/mol. The Kier molecular flexibility index (Phi) is 7.59. The van der Waals surface area contributed by atoms with Gasteiger partial charge in [-0.25, -0.2) is 0 Å². The molecule has 4 nitrogen and oxygen atoms in total. The molecule has 4 rings (SSSR count). The van der Waals surface area contributed by atoms with Crippen LogP contribution in [0.1, 0.15) is 92.7 Å². The maximum Gasteiger partial charge on any atom is 0.253 e. The lowest BCUT2D eigenvalue weighted by atomic mass is 9.89. The van der Waals surface area contributed by atoms with E-state index in [0.29, 0.717) is 18.6 Å². The van der Waals surface area contributed by atoms with E-state index in [-0.39, 0.29) is 5.91 Å². The zero-order chi connectivity index (χ0) is 22.5. The van der Waals surface area contributed by atoms with Gasteiger partial charge in [0, 0.05) is 29.5 Å². The zero-order valence-corrected chi connectivity index (χ0v) is 20.2. The van der Waals surface area contributed by atoms with Crippen molar-refractivity contribution in [1.29, 1.82) is 0 Å². The molecule has 2 aliphatic carbocycles. The SMILES string of the molecule is CCOc1ccc(-c2cc(C(=O)NC3CCCCC3)c(C)n2CC2CCCCC2)c(C)c1. The second-order valence-corrected chi connectivity index (χ2v) is 9.86. The van der Waals surface area contributed by atoms with Crippen molar-refractivity contribution in [3.8, 4) is 17.0 Å². The van der Waals surface area contributed by atoms with E-state index in [0.717, 1.165) is 36.4 Å². The summed E-state index contributed by atoms with van der Waals surface area (Å²) in [5, 5.41) is 3.34. The van der Waals surface area contributed by atoms with Crippen molar-refractivity contribution in [3.63, 3.8) is 0 Å². The summed E-state index contributed by atoms with van der Waals surface area (Å²) >= 11 is 0. The fourth-order valence-electron chi connectivity index (χ4n) is 5.65. The first kappa shape index (κ1) is 22.9. The number of hydrogen-bond donors (Lipinski definition) is 1. The third kappa shape index (κ3) is 5.22. The molecule has 1 amide bonds. The van der Waals surface area contributed by atoms with Crippen molar-refractivity contribution < 1.29 is 9.53 Å². The molecule has 0 unspecified atom stereocenters. The number of ether oxygens (including phenoxy) is 1. The van der Waals surface area contributed by atoms with Gasteiger partial charge in [-0.15, -0.1) is 0 Å². The van der Waals surface area contributed by atoms with E-state index >= 15 is 0 Å². The van der Waals surface area contributed by atoms with Gasteiger partial charge in [-0.2, -0.15) is 0 Å². The van der Waals surface area contributed by atoms with Crippen LogP contribution in [0, 0.1) is 19.8 Å². The van der Waals surface area contributed by atoms with Gasteiger partial charge in [-0.3, -0.25) is 4.79 Å². The highest BCUT2D eigenvalue weighted by atomic mass is 16.5. The highest BCUT2D eigenvalue weighted by Crippen LogP contribution is 2.34. The van der Waals surface area contributed by atoms with E-state index in [1.165, 1.54) is 68.2 Å². The Hall–Kier alpha value is -2.23. The molecule has 174 valence electrons. The topological polar surface area (TPSA) is 43.3 Å². The fourth-order valence-corrected chi connectivity index (χ4v) is 5.65. The zero-order valence-electron chi connectivity index (χ0n) is 20.2. The van der Waals surface area contributed by atoms with Crippen molar-refractivity contribution in [2.75, 3.05) is 6.61 Å². The Morgan fingerprint density at radius 2 is 1.69 bits per heavy atom. The van der Waals surface area contributed by atoms with Crippen LogP contribution in [0.3, 0.4) is 0 Å². The maximum absolute atomic E-state index is 13.3. The normalized spacial score (nSPS) is 18.0. The average Bonchev–Trinajstić information content (AvgIpc) is 3.11. The number of nitrogens with one attached hydrogen (secondary N) is 1. The quantitative estimate of drug-likeness (QED) is 0.518. The van der Waals surface area contributed by atoms with Crippen LogP contribution in [-0.4, -0.2) is 23.1 Å². The Labute approximate surface area is 193 Å². The first-order chi connectivity index (χ1) is 15.6. The van der Waals surface area contributed by atoms with Gasteiger partial charge in [0.1, 0.15) is 5.75 Å². The Bertz CT molecular complexity index is 918. The Balaban J connectivity index is 1.66. The minimum Gasteiger partial charge on any atom is -0.494 e. The van der Waals surface area contributed by atoms with Gasteiger partial charge in [0.05, 0.1) is 12.2 Å². The van der Waals surface area contributed by atoms with Crippen molar-refractivity contribution >= 4 is 5.91 Å². The number of benzene rings is 1. The molecule has 1 aromatic heterocycles. The number of nitrogens with zero attached hydrogens (tertiary/aromatic N) is 1. The minimum atomic E-state index is 0.0987. The molecule has 4 heteroatoms. The molecule has 0 bridgehead atoms. The average molecular weight is 437 g/mol. The molecule has 1 aromatic carbocycles. The molecular formula is C28H40N2O2. The summed E-state index contributed by atoms with van der Waals surface area (Å²) in [6.45, 7) is 7.96. The van der Waals surface area contributed by atoms with Gasteiger partial charge in [0.15, 0.2) is 0 Å². The van der Waals surface area contributed by atoms with Gasteiger partial charge >= 0.3 is 0 Å². The number of amides is 1. The summed E-state index contributed by atoms with van der Waals surface area (Å²) in [4.78, 5) is 13.3. The van der Waals surface area contributed by atoms with Crippen LogP contribution >= 0.6 is 0 Å². The first-order valence-electron chi connectivity index (χ1n) is 12.8. The molecule has 0 aliphatic heterocycles. The predicted molar refractivity (Wildman–Crippen MR) is 131 cm³/mol. The molecule has 2 fully saturated rings. The molecule has 0 saturated heterocycles. The number of aromatic nitrogens is 1. The van der Waals surface area contributed by atoms with E-state index in [1.54, 1.807) is 0 Å². The highest BCUT2D eigenvalue weighted by Gasteiger charge is 2.24. The van der Waals surface area contributed by atoms with Gasteiger partial charge in [0.25, 0.3) is 5.91 Å². The lowest BCUT2D eigenvalue weighted by molar-refractivity contribution is 0.0927. The van der Waals surface area contributed by atoms with Crippen LogP contribution in [0.25, 0.3) is 11.3 Å². The lowest BCUT2D eigenvalue weighted by Gasteiger charge is -2.25. The number of carbonyl (C=O) groups excluding carboxylic acids is 1. The van der Waals surface area contributed by atoms with Crippen molar-refractivity contribution in [3.05, 3.63) is 41.1 Å². The Morgan fingerprint density at radius 1 is 1.00 bits per heavy atom. The number of hydrogen-bond acceptors (Lipinski definition) is 2. The van der Waals surface area contributed by atoms with Gasteiger partial charge in [0.2, 0.25) is 0 Å². The van der Waals surface area contributed by atoms with Crippen LogP contribution in [0.2, 0.25) is 0 Å². The second-order valence-electron chi connectivity index (χ2n) is 9.86. The summed E-state index contributed by atoms with van der Waals surface area (Å²) in [5.74, 6) is 1.71. The van der Waals surface area contributed by atoms with E-state index in [2.05, 4.69) is 48.0 Å². The lowest BCUT2D eigenvalue weighted by Crippen LogP contribution is -2.36. The predicted octanol–water partition coefficient (Wildman–Crippen LogP) is 6.81. The van der Waals surface area contributed by atoms with E-state index in [1.807, 2.05) is 6.92 Å². The first-order valence-corrected chi connectivity index (χ1v) is 12.8. The third-order valence-electron chi connectivity index (χ3n) is 7.50. The van der Waals surface area contributed by atoms with Crippen molar-refractivity contribution in [2.24, 2.45) is 5.92 Å². The molecule has 2 saturated carbocycles. The highest BCUT2D eigenvalue weighted by molar-refractivity contribution is 5.97. The van der Waals surface area contributed by atoms with Crippen LogP contribution in [0.4, 0.5) is 0 Å². The Morgan fingerprint density at radius 3 is 2.34 bits per heavy atom. The number of rotatable bonds is 7. The summed E-state index contributed by atoms with van der Waals surface area (Å²) in [7, 11) is 0. The van der Waals surface area contributed by atoms with Crippen LogP contribution < -0.4 is 10.1 Å². The largest absolute Gasteiger partial charge is 0.494 e. The second kappa shape index (κ2) is 10.6. The van der Waals surface area contributed by atoms with Crippen molar-refractivity contribution in [2.45, 2.75) is 97.6 Å². The van der Waals surface area contributed by atoms with Gasteiger partial charge in [-0.1, -0.05) is 38.5 Å². The standard InChI is InChI=1S/C28H40N2O2/c1-4-32-24-15-16-25(20(2)17-24)27-18-26(28(31)29-23-13-9-6-10-14-23)21(3)30(27)19-22-11-7-5-8-12-22/h15-18,22-23H,4-14,19H2,1-3H3,(H,29,31). The molecule has 2 aliphatic rings. The summed E-state index contributed by atoms with van der Waals surface area (Å²) in [5.41, 5.74) is 5.51. The van der Waals surface area contributed by atoms with Crippen LogP contribution in [-0.2, 0) is 6.54 Å². The molecule has 0 atom stereocenters. The molecular weight excluding hydrogens is 396 g/mol. The molecule has 0 radical (unpaired) electrons. The van der Waals surface area contributed by atoms with Crippen LogP contribution in [0.5, 0.6) is 5.75 Å². The third-order valence-corrected chi connectivity index (χ3v) is 7.50. The summed E-state index contributed by atoms with van der Waals surface area (Å²) in [6.07, 6.45) is 12.6. The molecule has 2 aromatic rings. The minimum absolute atomic E-state index is 0.0987. The molecule has 32 heavy (non-hydrogen) atoms. The van der Waals surface area contributed by atoms with E-state index in [9.17, 15) is 4.79 Å². The van der Waals surface area contributed by atoms with E-state index in [4.69, 9.17) is 4.74 Å². The number of carbonyl (C=O) groups is 1. The maximum atomic E-state index is 13.3. The molecule has 0 spiro atoms. The van der Waals surface area contributed by atoms with Crippen molar-refractivity contribution in [1.82, 2.24) is 9.88 Å². The van der Waals surface area contributed by atoms with Crippen LogP contribution in [0.15, 0.2) is 24.3 Å². The number of aryl methyl sites for hydroxylation is 1. The van der Waals surface area contributed by atoms with E-state index < -0.39 is 0 Å².